The van der Waals surface area contributed by atoms with Crippen molar-refractivity contribution in [3.05, 3.63) is 35.9 Å². The zero-order valence-electron chi connectivity index (χ0n) is 12.8. The third-order valence-corrected chi connectivity index (χ3v) is 2.86. The Kier molecular flexibility index (Phi) is 5.59. The molecule has 1 aromatic rings. The van der Waals surface area contributed by atoms with Gasteiger partial charge in [-0.3, -0.25) is 4.79 Å². The topological polar surface area (TPSA) is 26.3 Å². The summed E-state index contributed by atoms with van der Waals surface area (Å²) in [5, 5.41) is 0. The summed E-state index contributed by atoms with van der Waals surface area (Å²) in [7, 11) is 0. The third kappa shape index (κ3) is 6.42. The third-order valence-electron chi connectivity index (χ3n) is 2.86. The minimum absolute atomic E-state index is 0.109. The molecule has 0 saturated heterocycles. The van der Waals surface area contributed by atoms with Crippen LogP contribution in [0.4, 0.5) is 0 Å². The Bertz CT molecular complexity index is 387. The predicted octanol–water partition coefficient (Wildman–Crippen LogP) is 4.55. The van der Waals surface area contributed by atoms with Gasteiger partial charge in [-0.2, -0.15) is 0 Å². The van der Waals surface area contributed by atoms with E-state index in [-0.39, 0.29) is 11.9 Å². The summed E-state index contributed by atoms with van der Waals surface area (Å²) in [5.41, 5.74) is 0.818. The van der Waals surface area contributed by atoms with Gasteiger partial charge in [0, 0.05) is 0 Å². The SMILES string of the molecule is CC(C)CC(CC(=O)OC(C)(C)C)c1ccccc1. The van der Waals surface area contributed by atoms with E-state index in [4.69, 9.17) is 4.74 Å². The van der Waals surface area contributed by atoms with Crippen molar-refractivity contribution in [2.24, 2.45) is 5.92 Å². The van der Waals surface area contributed by atoms with E-state index in [0.717, 1.165) is 6.42 Å². The lowest BCUT2D eigenvalue weighted by molar-refractivity contribution is -0.155. The maximum absolute atomic E-state index is 12.0. The molecule has 0 spiro atoms. The van der Waals surface area contributed by atoms with E-state index in [1.807, 2.05) is 39.0 Å². The van der Waals surface area contributed by atoms with Crippen molar-refractivity contribution in [3.8, 4) is 0 Å². The molecule has 0 N–H and O–H groups in total. The first kappa shape index (κ1) is 15.7. The molecular formula is C17H26O2. The highest BCUT2D eigenvalue weighted by molar-refractivity contribution is 5.71. The molecule has 0 aliphatic rings. The Morgan fingerprint density at radius 1 is 1.16 bits per heavy atom. The Balaban J connectivity index is 2.73. The minimum Gasteiger partial charge on any atom is -0.460 e. The van der Waals surface area contributed by atoms with Gasteiger partial charge in [-0.1, -0.05) is 44.2 Å². The van der Waals surface area contributed by atoms with Gasteiger partial charge < -0.3 is 4.74 Å². The van der Waals surface area contributed by atoms with Crippen LogP contribution >= 0.6 is 0 Å². The first-order chi connectivity index (χ1) is 8.78. The van der Waals surface area contributed by atoms with E-state index in [2.05, 4.69) is 26.0 Å². The number of benzene rings is 1. The summed E-state index contributed by atoms with van der Waals surface area (Å²) < 4.78 is 5.43. The second-order valence-electron chi connectivity index (χ2n) is 6.53. The molecule has 0 heterocycles. The van der Waals surface area contributed by atoms with E-state index in [1.165, 1.54) is 5.56 Å². The predicted molar refractivity (Wildman–Crippen MR) is 79.1 cm³/mol. The lowest BCUT2D eigenvalue weighted by atomic mass is 9.88. The fourth-order valence-electron chi connectivity index (χ4n) is 2.22. The maximum Gasteiger partial charge on any atom is 0.306 e. The largest absolute Gasteiger partial charge is 0.460 e. The van der Waals surface area contributed by atoms with Crippen molar-refractivity contribution in [2.45, 2.75) is 59.0 Å². The standard InChI is InChI=1S/C17H26O2/c1-13(2)11-15(14-9-7-6-8-10-14)12-16(18)19-17(3,4)5/h6-10,13,15H,11-12H2,1-5H3. The molecule has 0 aliphatic heterocycles. The summed E-state index contributed by atoms with van der Waals surface area (Å²) in [4.78, 5) is 12.0. The van der Waals surface area contributed by atoms with Crippen LogP contribution in [0.3, 0.4) is 0 Å². The number of carbonyl (C=O) groups is 1. The summed E-state index contributed by atoms with van der Waals surface area (Å²) in [6, 6.07) is 10.2. The Morgan fingerprint density at radius 2 is 1.74 bits per heavy atom. The van der Waals surface area contributed by atoms with Crippen molar-refractivity contribution in [1.82, 2.24) is 0 Å². The van der Waals surface area contributed by atoms with Crippen LogP contribution < -0.4 is 0 Å². The van der Waals surface area contributed by atoms with Crippen LogP contribution in [0.2, 0.25) is 0 Å². The molecule has 106 valence electrons. The minimum atomic E-state index is -0.407. The van der Waals surface area contributed by atoms with Gasteiger partial charge in [-0.25, -0.2) is 0 Å². The average Bonchev–Trinajstić information content (AvgIpc) is 2.26. The number of hydrogen-bond donors (Lipinski definition) is 0. The lowest BCUT2D eigenvalue weighted by Gasteiger charge is -2.23. The first-order valence-electron chi connectivity index (χ1n) is 7.04. The van der Waals surface area contributed by atoms with Crippen molar-refractivity contribution >= 4 is 5.97 Å². The van der Waals surface area contributed by atoms with Crippen molar-refractivity contribution in [3.63, 3.8) is 0 Å². The van der Waals surface area contributed by atoms with Crippen LogP contribution in [0, 0.1) is 5.92 Å². The Morgan fingerprint density at radius 3 is 2.21 bits per heavy atom. The summed E-state index contributed by atoms with van der Waals surface area (Å²) in [5.74, 6) is 0.700. The second-order valence-corrected chi connectivity index (χ2v) is 6.53. The van der Waals surface area contributed by atoms with E-state index >= 15 is 0 Å². The number of rotatable bonds is 5. The average molecular weight is 262 g/mol. The Labute approximate surface area is 117 Å². The monoisotopic (exact) mass is 262 g/mol. The number of hydrogen-bond acceptors (Lipinski definition) is 2. The normalized spacial score (nSPS) is 13.4. The molecule has 0 aromatic heterocycles. The molecule has 19 heavy (non-hydrogen) atoms. The van der Waals surface area contributed by atoms with E-state index in [1.54, 1.807) is 0 Å². The molecule has 1 aromatic carbocycles. The molecule has 0 fully saturated rings. The molecule has 0 amide bonds. The highest BCUT2D eigenvalue weighted by Gasteiger charge is 2.22. The van der Waals surface area contributed by atoms with Gasteiger partial charge in [0.25, 0.3) is 0 Å². The maximum atomic E-state index is 12.0. The van der Waals surface area contributed by atoms with Crippen molar-refractivity contribution in [1.29, 1.82) is 0 Å². The highest BCUT2D eigenvalue weighted by atomic mass is 16.6. The molecule has 2 heteroatoms. The zero-order chi connectivity index (χ0) is 14.5. The molecule has 0 aliphatic carbocycles. The van der Waals surface area contributed by atoms with Gasteiger partial charge in [0.1, 0.15) is 5.60 Å². The molecule has 2 nitrogen and oxygen atoms in total. The van der Waals surface area contributed by atoms with Crippen LogP contribution in [0.25, 0.3) is 0 Å². The summed E-state index contributed by atoms with van der Waals surface area (Å²) in [6.45, 7) is 10.1. The molecule has 0 saturated carbocycles. The molecular weight excluding hydrogens is 236 g/mol. The van der Waals surface area contributed by atoms with Crippen LogP contribution in [-0.2, 0) is 9.53 Å². The molecule has 1 rings (SSSR count). The molecule has 1 atom stereocenters. The summed E-state index contributed by atoms with van der Waals surface area (Å²) >= 11 is 0. The van der Waals surface area contributed by atoms with Crippen molar-refractivity contribution < 1.29 is 9.53 Å². The smallest absolute Gasteiger partial charge is 0.306 e. The molecule has 0 bridgehead atoms. The Hall–Kier alpha value is -1.31. The quantitative estimate of drug-likeness (QED) is 0.728. The van der Waals surface area contributed by atoms with Crippen LogP contribution in [0.15, 0.2) is 30.3 Å². The molecule has 1 unspecified atom stereocenters. The van der Waals surface area contributed by atoms with Crippen LogP contribution in [0.1, 0.15) is 58.9 Å². The fraction of sp³-hybridized carbons (Fsp3) is 0.588. The fourth-order valence-corrected chi connectivity index (χ4v) is 2.22. The van der Waals surface area contributed by atoms with Crippen LogP contribution in [0.5, 0.6) is 0 Å². The zero-order valence-corrected chi connectivity index (χ0v) is 12.8. The van der Waals surface area contributed by atoms with Gasteiger partial charge in [-0.15, -0.1) is 0 Å². The first-order valence-corrected chi connectivity index (χ1v) is 7.04. The lowest BCUT2D eigenvalue weighted by Crippen LogP contribution is -2.25. The van der Waals surface area contributed by atoms with Crippen LogP contribution in [-0.4, -0.2) is 11.6 Å². The van der Waals surface area contributed by atoms with E-state index < -0.39 is 5.60 Å². The van der Waals surface area contributed by atoms with Gasteiger partial charge in [0.05, 0.1) is 6.42 Å². The van der Waals surface area contributed by atoms with Gasteiger partial charge in [0.2, 0.25) is 0 Å². The van der Waals surface area contributed by atoms with Gasteiger partial charge >= 0.3 is 5.97 Å². The summed E-state index contributed by atoms with van der Waals surface area (Å²) in [6.07, 6.45) is 1.46. The van der Waals surface area contributed by atoms with Gasteiger partial charge in [0.15, 0.2) is 0 Å². The number of esters is 1. The van der Waals surface area contributed by atoms with Crippen molar-refractivity contribution in [2.75, 3.05) is 0 Å². The number of carbonyl (C=O) groups excluding carboxylic acids is 1. The van der Waals surface area contributed by atoms with E-state index in [0.29, 0.717) is 12.3 Å². The highest BCUT2D eigenvalue weighted by Crippen LogP contribution is 2.28. The van der Waals surface area contributed by atoms with E-state index in [9.17, 15) is 4.79 Å². The second kappa shape index (κ2) is 6.74. The molecule has 0 radical (unpaired) electrons. The van der Waals surface area contributed by atoms with Gasteiger partial charge in [-0.05, 0) is 44.6 Å². The number of ether oxygens (including phenoxy) is 1.